The summed E-state index contributed by atoms with van der Waals surface area (Å²) in [7, 11) is 0. The summed E-state index contributed by atoms with van der Waals surface area (Å²) < 4.78 is 84.1. The molecule has 0 aliphatic carbocycles. The highest BCUT2D eigenvalue weighted by atomic mass is 19.4. The van der Waals surface area contributed by atoms with Crippen LogP contribution < -0.4 is 0 Å². The topological polar surface area (TPSA) is 25.8 Å². The van der Waals surface area contributed by atoms with Crippen molar-refractivity contribution in [2.24, 2.45) is 0 Å². The Labute approximate surface area is 77.8 Å². The van der Waals surface area contributed by atoms with Gasteiger partial charge in [-0.15, -0.1) is 0 Å². The highest BCUT2D eigenvalue weighted by Gasteiger charge is 2.46. The van der Waals surface area contributed by atoms with Crippen molar-refractivity contribution in [2.45, 2.75) is 12.4 Å². The number of hydrogen-bond donors (Lipinski definition) is 0. The summed E-state index contributed by atoms with van der Waals surface area (Å²) in [6.45, 7) is 0. The molecule has 1 aromatic rings. The van der Waals surface area contributed by atoms with E-state index in [1.807, 2.05) is 0 Å². The number of aromatic nitrogens is 2. The molecule has 0 saturated carbocycles. The molecule has 15 heavy (non-hydrogen) atoms. The van der Waals surface area contributed by atoms with E-state index in [1.165, 1.54) is 0 Å². The zero-order chi connectivity index (χ0) is 11.9. The lowest BCUT2D eigenvalue weighted by Crippen LogP contribution is -2.21. The van der Waals surface area contributed by atoms with Crippen molar-refractivity contribution in [2.75, 3.05) is 0 Å². The van der Waals surface area contributed by atoms with Crippen molar-refractivity contribution >= 4 is 0 Å². The molecule has 0 aliphatic heterocycles. The van der Waals surface area contributed by atoms with Crippen LogP contribution in [0, 0.1) is 5.95 Å². The molecule has 0 unspecified atom stereocenters. The zero-order valence-electron chi connectivity index (χ0n) is 6.62. The van der Waals surface area contributed by atoms with Crippen molar-refractivity contribution in [3.63, 3.8) is 0 Å². The van der Waals surface area contributed by atoms with E-state index >= 15 is 0 Å². The number of hydrogen-bond acceptors (Lipinski definition) is 2. The van der Waals surface area contributed by atoms with Crippen LogP contribution in [0.25, 0.3) is 0 Å². The van der Waals surface area contributed by atoms with Crippen LogP contribution in [0.2, 0.25) is 0 Å². The van der Waals surface area contributed by atoms with Gasteiger partial charge in [-0.1, -0.05) is 0 Å². The minimum Gasteiger partial charge on any atom is -0.245 e. The van der Waals surface area contributed by atoms with Gasteiger partial charge in [0.15, 0.2) is 11.4 Å². The van der Waals surface area contributed by atoms with Gasteiger partial charge in [0, 0.05) is 0 Å². The molecule has 0 saturated heterocycles. The van der Waals surface area contributed by atoms with Gasteiger partial charge in [0.05, 0.1) is 6.20 Å². The minimum atomic E-state index is -5.40. The molecule has 9 heteroatoms. The second-order valence-corrected chi connectivity index (χ2v) is 2.39. The fourth-order valence-corrected chi connectivity index (χ4v) is 0.773. The largest absolute Gasteiger partial charge is 0.435 e. The summed E-state index contributed by atoms with van der Waals surface area (Å²) >= 11 is 0. The average molecular weight is 234 g/mol. The Bertz CT molecular complexity index is 367. The Morgan fingerprint density at radius 3 is 1.73 bits per heavy atom. The van der Waals surface area contributed by atoms with E-state index in [-0.39, 0.29) is 6.20 Å². The molecule has 0 radical (unpaired) electrons. The van der Waals surface area contributed by atoms with Crippen molar-refractivity contribution < 1.29 is 30.7 Å². The van der Waals surface area contributed by atoms with Crippen LogP contribution >= 0.6 is 0 Å². The molecule has 2 nitrogen and oxygen atoms in total. The SMILES string of the molecule is Fc1cnc(C(F)(F)F)c(C(F)(F)F)n1. The number of nitrogens with zero attached hydrogens (tertiary/aromatic N) is 2. The first kappa shape index (κ1) is 11.7. The van der Waals surface area contributed by atoms with E-state index in [1.54, 1.807) is 0 Å². The summed E-state index contributed by atoms with van der Waals surface area (Å²) in [4.78, 5) is 4.47. The first-order valence-electron chi connectivity index (χ1n) is 3.29. The van der Waals surface area contributed by atoms with Crippen molar-refractivity contribution in [3.05, 3.63) is 23.5 Å². The van der Waals surface area contributed by atoms with Crippen LogP contribution in [0.3, 0.4) is 0 Å². The molecule has 1 aromatic heterocycles. The first-order chi connectivity index (χ1) is 6.62. The lowest BCUT2D eigenvalue weighted by Gasteiger charge is -2.12. The van der Waals surface area contributed by atoms with Gasteiger partial charge in [-0.3, -0.25) is 0 Å². The third-order valence-electron chi connectivity index (χ3n) is 1.28. The van der Waals surface area contributed by atoms with Gasteiger partial charge in [0.2, 0.25) is 5.95 Å². The first-order valence-corrected chi connectivity index (χ1v) is 3.29. The predicted molar refractivity (Wildman–Crippen MR) is 32.0 cm³/mol. The molecule has 0 atom stereocenters. The molecule has 0 aliphatic rings. The monoisotopic (exact) mass is 234 g/mol. The third kappa shape index (κ3) is 2.54. The van der Waals surface area contributed by atoms with Gasteiger partial charge in [-0.05, 0) is 0 Å². The molecule has 0 amide bonds. The van der Waals surface area contributed by atoms with E-state index in [2.05, 4.69) is 9.97 Å². The average Bonchev–Trinajstić information content (AvgIpc) is 2.00. The molecule has 1 heterocycles. The van der Waals surface area contributed by atoms with Crippen LogP contribution in [0.5, 0.6) is 0 Å². The Hall–Kier alpha value is -1.41. The molecule has 0 aromatic carbocycles. The van der Waals surface area contributed by atoms with Crippen LogP contribution in [0.4, 0.5) is 30.7 Å². The van der Waals surface area contributed by atoms with Crippen LogP contribution in [-0.2, 0) is 12.4 Å². The third-order valence-corrected chi connectivity index (χ3v) is 1.28. The van der Waals surface area contributed by atoms with Crippen LogP contribution in [0.1, 0.15) is 11.4 Å². The molecule has 0 spiro atoms. The van der Waals surface area contributed by atoms with Crippen molar-refractivity contribution in [3.8, 4) is 0 Å². The van der Waals surface area contributed by atoms with Gasteiger partial charge >= 0.3 is 12.4 Å². The normalized spacial score (nSPS) is 13.0. The van der Waals surface area contributed by atoms with E-state index in [0.717, 1.165) is 0 Å². The molecule has 1 rings (SSSR count). The lowest BCUT2D eigenvalue weighted by molar-refractivity contribution is -0.167. The van der Waals surface area contributed by atoms with E-state index in [4.69, 9.17) is 0 Å². The Kier molecular flexibility index (Phi) is 2.58. The maximum absolute atomic E-state index is 12.2. The summed E-state index contributed by atoms with van der Waals surface area (Å²) in [6.07, 6.45) is -10.8. The highest BCUT2D eigenvalue weighted by Crippen LogP contribution is 2.37. The van der Waals surface area contributed by atoms with E-state index < -0.39 is 29.7 Å². The van der Waals surface area contributed by atoms with Gasteiger partial charge in [-0.2, -0.15) is 30.7 Å². The maximum atomic E-state index is 12.2. The molecular weight excluding hydrogens is 233 g/mol. The maximum Gasteiger partial charge on any atom is 0.435 e. The molecule has 0 N–H and O–H groups in total. The van der Waals surface area contributed by atoms with Crippen molar-refractivity contribution in [1.29, 1.82) is 0 Å². The number of halogens is 7. The second kappa shape index (κ2) is 3.31. The summed E-state index contributed by atoms with van der Waals surface area (Å²) in [5.41, 5.74) is -4.63. The summed E-state index contributed by atoms with van der Waals surface area (Å²) in [5, 5.41) is 0. The molecule has 0 fully saturated rings. The quantitative estimate of drug-likeness (QED) is 0.645. The smallest absolute Gasteiger partial charge is 0.245 e. The van der Waals surface area contributed by atoms with Gasteiger partial charge in [-0.25, -0.2) is 9.97 Å². The van der Waals surface area contributed by atoms with E-state index in [0.29, 0.717) is 0 Å². The Morgan fingerprint density at radius 2 is 1.33 bits per heavy atom. The number of rotatable bonds is 0. The van der Waals surface area contributed by atoms with Crippen molar-refractivity contribution in [1.82, 2.24) is 9.97 Å². The minimum absolute atomic E-state index is 0.0297. The standard InChI is InChI=1S/C6HF7N2/c7-2-1-14-3(5(8,9)10)4(15-2)6(11,12)13/h1H. The van der Waals surface area contributed by atoms with Gasteiger partial charge in [0.25, 0.3) is 0 Å². The van der Waals surface area contributed by atoms with E-state index in [9.17, 15) is 30.7 Å². The highest BCUT2D eigenvalue weighted by molar-refractivity contribution is 5.17. The fourth-order valence-electron chi connectivity index (χ4n) is 0.773. The Balaban J connectivity index is 3.41. The zero-order valence-corrected chi connectivity index (χ0v) is 6.62. The Morgan fingerprint density at radius 1 is 0.867 bits per heavy atom. The van der Waals surface area contributed by atoms with Crippen LogP contribution in [-0.4, -0.2) is 9.97 Å². The predicted octanol–water partition coefficient (Wildman–Crippen LogP) is 2.65. The van der Waals surface area contributed by atoms with Crippen LogP contribution in [0.15, 0.2) is 6.20 Å². The summed E-state index contributed by atoms with van der Waals surface area (Å²) in [6, 6.07) is 0. The van der Waals surface area contributed by atoms with Gasteiger partial charge < -0.3 is 0 Å². The number of alkyl halides is 6. The molecule has 84 valence electrons. The molecule has 0 bridgehead atoms. The second-order valence-electron chi connectivity index (χ2n) is 2.39. The molecular formula is C6HF7N2. The van der Waals surface area contributed by atoms with Gasteiger partial charge in [0.1, 0.15) is 0 Å². The lowest BCUT2D eigenvalue weighted by atomic mass is 10.3. The summed E-state index contributed by atoms with van der Waals surface area (Å²) in [5.74, 6) is -1.73. The fraction of sp³-hybridized carbons (Fsp3) is 0.333.